The van der Waals surface area contributed by atoms with Crippen LogP contribution < -0.4 is 10.6 Å². The summed E-state index contributed by atoms with van der Waals surface area (Å²) in [6, 6.07) is 4.76. The van der Waals surface area contributed by atoms with E-state index in [9.17, 15) is 18.0 Å². The number of thiophene rings is 1. The molecule has 1 fully saturated rings. The van der Waals surface area contributed by atoms with Crippen LogP contribution in [0.1, 0.15) is 30.8 Å². The summed E-state index contributed by atoms with van der Waals surface area (Å²) in [6.07, 6.45) is -4.96. The largest absolute Gasteiger partial charge is 0.393 e. The summed E-state index contributed by atoms with van der Waals surface area (Å²) in [7, 11) is 1.72. The van der Waals surface area contributed by atoms with Crippen molar-refractivity contribution in [2.24, 2.45) is 5.92 Å². The van der Waals surface area contributed by atoms with E-state index in [4.69, 9.17) is 4.52 Å². The Balaban J connectivity index is 1.80. The van der Waals surface area contributed by atoms with E-state index in [2.05, 4.69) is 20.8 Å². The number of nitrogens with zero attached hydrogens (tertiary/aromatic N) is 2. The number of hydrogen-bond acceptors (Lipinski definition) is 6. The maximum absolute atomic E-state index is 13.2. The van der Waals surface area contributed by atoms with Crippen LogP contribution in [0.2, 0.25) is 0 Å². The number of halogens is 3. The highest BCUT2D eigenvalue weighted by Crippen LogP contribution is 2.43. The van der Waals surface area contributed by atoms with E-state index in [1.807, 2.05) is 0 Å². The standard InChI is InChI=1S/C18H17F3N4O2S/c1-8-6-12(23-16(8)26)17-24-15(25-27-17)14-10(7-18(19,20)21)9-4-3-5-11(22-2)13(9)28-14/h3-5,8,12,22H,6-7H2,1-2H3,(H,23,26)/t8?,12-/m1/s1. The molecular formula is C18H17F3N4O2S. The molecule has 0 radical (unpaired) electrons. The predicted molar refractivity (Wildman–Crippen MR) is 99.1 cm³/mol. The van der Waals surface area contributed by atoms with Crippen LogP contribution in [0, 0.1) is 5.92 Å². The summed E-state index contributed by atoms with van der Waals surface area (Å²) in [5.41, 5.74) is 0.860. The molecule has 2 aromatic heterocycles. The van der Waals surface area contributed by atoms with Gasteiger partial charge in [-0.15, -0.1) is 11.3 Å². The van der Waals surface area contributed by atoms with Crippen molar-refractivity contribution >= 4 is 33.0 Å². The Hall–Kier alpha value is -2.62. The summed E-state index contributed by atoms with van der Waals surface area (Å²) >= 11 is 1.19. The van der Waals surface area contributed by atoms with Crippen molar-refractivity contribution in [2.75, 3.05) is 12.4 Å². The number of carbonyl (C=O) groups excluding carboxylic acids is 1. The second-order valence-corrected chi connectivity index (χ2v) is 7.81. The third-order valence-electron chi connectivity index (χ3n) is 4.76. The third kappa shape index (κ3) is 3.32. The fraction of sp³-hybridized carbons (Fsp3) is 0.389. The number of alkyl halides is 3. The molecule has 28 heavy (non-hydrogen) atoms. The molecule has 0 saturated carbocycles. The van der Waals surface area contributed by atoms with Gasteiger partial charge in [0.25, 0.3) is 0 Å². The highest BCUT2D eigenvalue weighted by Gasteiger charge is 2.35. The van der Waals surface area contributed by atoms with E-state index in [1.165, 1.54) is 11.3 Å². The Kier molecular flexibility index (Phi) is 4.53. The number of rotatable bonds is 4. The Bertz CT molecular complexity index is 1040. The fourth-order valence-corrected chi connectivity index (χ4v) is 4.65. The molecule has 2 N–H and O–H groups in total. The number of fused-ring (bicyclic) bond motifs is 1. The summed E-state index contributed by atoms with van der Waals surface area (Å²) in [5, 5.41) is 10.2. The van der Waals surface area contributed by atoms with Crippen LogP contribution in [0.3, 0.4) is 0 Å². The molecule has 1 unspecified atom stereocenters. The van der Waals surface area contributed by atoms with Crippen molar-refractivity contribution in [2.45, 2.75) is 32.0 Å². The van der Waals surface area contributed by atoms with Crippen molar-refractivity contribution in [1.29, 1.82) is 0 Å². The van der Waals surface area contributed by atoms with Crippen LogP contribution in [0.25, 0.3) is 20.8 Å². The van der Waals surface area contributed by atoms with Crippen LogP contribution in [-0.4, -0.2) is 29.3 Å². The molecule has 0 aliphatic carbocycles. The van der Waals surface area contributed by atoms with Gasteiger partial charge >= 0.3 is 6.18 Å². The molecule has 1 saturated heterocycles. The van der Waals surface area contributed by atoms with Crippen molar-refractivity contribution in [3.8, 4) is 10.7 Å². The zero-order chi connectivity index (χ0) is 20.1. The molecule has 0 spiro atoms. The van der Waals surface area contributed by atoms with E-state index >= 15 is 0 Å². The van der Waals surface area contributed by atoms with E-state index in [1.54, 1.807) is 32.2 Å². The topological polar surface area (TPSA) is 80.0 Å². The predicted octanol–water partition coefficient (Wildman–Crippen LogP) is 4.29. The smallest absolute Gasteiger partial charge is 0.387 e. The molecule has 1 aliphatic heterocycles. The van der Waals surface area contributed by atoms with Gasteiger partial charge in [-0.25, -0.2) is 0 Å². The first-order chi connectivity index (χ1) is 13.3. The Labute approximate surface area is 162 Å². The zero-order valence-electron chi connectivity index (χ0n) is 15.1. The second kappa shape index (κ2) is 6.77. The Morgan fingerprint density at radius 1 is 1.39 bits per heavy atom. The highest BCUT2D eigenvalue weighted by atomic mass is 32.1. The van der Waals surface area contributed by atoms with E-state index < -0.39 is 18.6 Å². The Morgan fingerprint density at radius 2 is 2.18 bits per heavy atom. The van der Waals surface area contributed by atoms with Crippen LogP contribution in [0.5, 0.6) is 0 Å². The first-order valence-corrected chi connectivity index (χ1v) is 9.51. The molecular weight excluding hydrogens is 393 g/mol. The normalized spacial score (nSPS) is 20.0. The van der Waals surface area contributed by atoms with E-state index in [0.29, 0.717) is 21.4 Å². The summed E-state index contributed by atoms with van der Waals surface area (Å²) in [4.78, 5) is 16.3. The highest BCUT2D eigenvalue weighted by molar-refractivity contribution is 7.23. The van der Waals surface area contributed by atoms with E-state index in [-0.39, 0.29) is 29.1 Å². The average molecular weight is 410 g/mol. The zero-order valence-corrected chi connectivity index (χ0v) is 15.9. The molecule has 3 heterocycles. The first kappa shape index (κ1) is 18.7. The maximum Gasteiger partial charge on any atom is 0.393 e. The molecule has 3 aromatic rings. The van der Waals surface area contributed by atoms with Crippen molar-refractivity contribution in [3.05, 3.63) is 29.7 Å². The number of anilines is 1. The van der Waals surface area contributed by atoms with Gasteiger partial charge in [0.05, 0.1) is 21.7 Å². The van der Waals surface area contributed by atoms with Gasteiger partial charge in [0.1, 0.15) is 6.04 Å². The lowest BCUT2D eigenvalue weighted by molar-refractivity contribution is -0.127. The Morgan fingerprint density at radius 3 is 2.82 bits per heavy atom. The van der Waals surface area contributed by atoms with Gasteiger partial charge in [-0.05, 0) is 23.4 Å². The maximum atomic E-state index is 13.2. The lowest BCUT2D eigenvalue weighted by Gasteiger charge is -2.07. The van der Waals surface area contributed by atoms with Crippen LogP contribution >= 0.6 is 11.3 Å². The quantitative estimate of drug-likeness (QED) is 0.671. The monoisotopic (exact) mass is 410 g/mol. The number of aromatic nitrogens is 2. The lowest BCUT2D eigenvalue weighted by atomic mass is 10.1. The van der Waals surface area contributed by atoms with Crippen molar-refractivity contribution in [3.63, 3.8) is 0 Å². The van der Waals surface area contributed by atoms with Crippen LogP contribution in [0.4, 0.5) is 18.9 Å². The van der Waals surface area contributed by atoms with Gasteiger partial charge < -0.3 is 15.2 Å². The minimum atomic E-state index is -4.38. The van der Waals surface area contributed by atoms with Gasteiger partial charge in [-0.3, -0.25) is 4.79 Å². The van der Waals surface area contributed by atoms with Crippen LogP contribution in [-0.2, 0) is 11.2 Å². The number of hydrogen-bond donors (Lipinski definition) is 2. The molecule has 4 rings (SSSR count). The average Bonchev–Trinajstić information content (AvgIpc) is 3.32. The van der Waals surface area contributed by atoms with Gasteiger partial charge in [-0.2, -0.15) is 18.2 Å². The lowest BCUT2D eigenvalue weighted by Crippen LogP contribution is -2.20. The SMILES string of the molecule is CNc1cccc2c(CC(F)(F)F)c(-c3noc([C@H]4CC(C)C(=O)N4)n3)sc12. The minimum absolute atomic E-state index is 0.103. The third-order valence-corrected chi connectivity index (χ3v) is 6.04. The molecule has 10 heteroatoms. The first-order valence-electron chi connectivity index (χ1n) is 8.70. The number of carbonyl (C=O) groups is 1. The van der Waals surface area contributed by atoms with Gasteiger partial charge in [0, 0.05) is 13.0 Å². The van der Waals surface area contributed by atoms with Crippen molar-refractivity contribution < 1.29 is 22.5 Å². The molecule has 148 valence electrons. The number of benzene rings is 1. The second-order valence-electron chi connectivity index (χ2n) is 6.79. The molecule has 0 bridgehead atoms. The molecule has 1 amide bonds. The van der Waals surface area contributed by atoms with Gasteiger partial charge in [0.15, 0.2) is 0 Å². The minimum Gasteiger partial charge on any atom is -0.387 e. The van der Waals surface area contributed by atoms with Crippen LogP contribution in [0.15, 0.2) is 22.7 Å². The van der Waals surface area contributed by atoms with Gasteiger partial charge in [-0.1, -0.05) is 24.2 Å². The van der Waals surface area contributed by atoms with Crippen molar-refractivity contribution in [1.82, 2.24) is 15.5 Å². The summed E-state index contributed by atoms with van der Waals surface area (Å²) in [6.45, 7) is 1.79. The molecule has 1 aromatic carbocycles. The fourth-order valence-electron chi connectivity index (χ4n) is 3.39. The number of amides is 1. The molecule has 2 atom stereocenters. The summed E-state index contributed by atoms with van der Waals surface area (Å²) in [5.74, 6) is 0.0231. The van der Waals surface area contributed by atoms with Gasteiger partial charge in [0.2, 0.25) is 17.6 Å². The molecule has 6 nitrogen and oxygen atoms in total. The number of nitrogens with one attached hydrogen (secondary N) is 2. The summed E-state index contributed by atoms with van der Waals surface area (Å²) < 4.78 is 45.7. The van der Waals surface area contributed by atoms with E-state index in [0.717, 1.165) is 5.69 Å². The molecule has 1 aliphatic rings.